The number of para-hydroxylation sites is 3. The highest BCUT2D eigenvalue weighted by Crippen LogP contribution is 2.39. The van der Waals surface area contributed by atoms with Crippen molar-refractivity contribution >= 4 is 43.6 Å². The van der Waals surface area contributed by atoms with Crippen LogP contribution in [0, 0.1) is 0 Å². The summed E-state index contributed by atoms with van der Waals surface area (Å²) in [7, 11) is 0. The van der Waals surface area contributed by atoms with E-state index < -0.39 is 96.3 Å². The lowest BCUT2D eigenvalue weighted by molar-refractivity contribution is 1.07. The number of nitrogens with zero attached hydrogens (tertiary/aromatic N) is 5. The fourth-order valence-electron chi connectivity index (χ4n) is 6.24. The number of benzene rings is 7. The SMILES string of the molecule is [2H]c1c([2H])c([2H])c(-n2c3c([2H])c([2H])c([2H])c([2H])c3c3c([2H])c4c5c([2H])c([2H])c([2H])c([2H])c5n(-c5ccc(-c6nc(-c7ccccc7)nc(-c7ccccc7)n6)cc5)c4c([2H])c32)c([2H])c1[2H]. The Labute approximate surface area is 309 Å². The van der Waals surface area contributed by atoms with E-state index in [2.05, 4.69) is 0 Å². The second kappa shape index (κ2) is 11.4. The molecule has 0 atom stereocenters. The monoisotopic (exact) mass is 654 g/mol. The first-order valence-corrected chi connectivity index (χ1v) is 15.6. The van der Waals surface area contributed by atoms with Crippen LogP contribution in [0.2, 0.25) is 0 Å². The Kier molecular flexibility index (Phi) is 3.87. The van der Waals surface area contributed by atoms with Crippen LogP contribution >= 0.6 is 0 Å². The van der Waals surface area contributed by atoms with Crippen molar-refractivity contribution in [2.45, 2.75) is 0 Å². The second-order valence-corrected chi connectivity index (χ2v) is 11.4. The van der Waals surface area contributed by atoms with E-state index in [-0.39, 0.29) is 49.3 Å². The molecule has 0 aliphatic carbocycles. The first-order chi connectivity index (χ1) is 31.0. The fourth-order valence-corrected chi connectivity index (χ4v) is 6.24. The summed E-state index contributed by atoms with van der Waals surface area (Å²) in [4.78, 5) is 14.4. The molecule has 5 nitrogen and oxygen atoms in total. The van der Waals surface area contributed by atoms with Crippen molar-refractivity contribution in [2.75, 3.05) is 0 Å². The molecular formula is C45H29N5. The number of rotatable bonds is 5. The largest absolute Gasteiger partial charge is 0.309 e. The molecule has 0 saturated heterocycles. The highest BCUT2D eigenvalue weighted by Gasteiger charge is 2.19. The van der Waals surface area contributed by atoms with Gasteiger partial charge in [-0.15, -0.1) is 0 Å². The van der Waals surface area contributed by atoms with Crippen molar-refractivity contribution in [3.63, 3.8) is 0 Å². The van der Waals surface area contributed by atoms with Crippen molar-refractivity contribution < 1.29 is 20.6 Å². The van der Waals surface area contributed by atoms with Crippen LogP contribution in [0.15, 0.2) is 176 Å². The average molecular weight is 655 g/mol. The van der Waals surface area contributed by atoms with Crippen molar-refractivity contribution in [1.82, 2.24) is 24.1 Å². The summed E-state index contributed by atoms with van der Waals surface area (Å²) < 4.78 is 136. The predicted molar refractivity (Wildman–Crippen MR) is 205 cm³/mol. The molecule has 0 amide bonds. The summed E-state index contributed by atoms with van der Waals surface area (Å²) in [6.07, 6.45) is 0. The predicted octanol–water partition coefficient (Wildman–Crippen LogP) is 11.1. The molecule has 0 N–H and O–H groups in total. The molecule has 0 bridgehead atoms. The van der Waals surface area contributed by atoms with Crippen LogP contribution in [0.4, 0.5) is 0 Å². The zero-order valence-corrected chi connectivity index (χ0v) is 25.8. The van der Waals surface area contributed by atoms with Gasteiger partial charge in [-0.1, -0.05) is 115 Å². The highest BCUT2D eigenvalue weighted by molar-refractivity contribution is 6.19. The maximum Gasteiger partial charge on any atom is 0.164 e. The molecule has 3 aromatic heterocycles. The molecule has 10 aromatic rings. The summed E-state index contributed by atoms with van der Waals surface area (Å²) in [5.41, 5.74) is 0.848. The van der Waals surface area contributed by atoms with Crippen LogP contribution in [0.1, 0.15) is 20.6 Å². The Morgan fingerprint density at radius 3 is 1.32 bits per heavy atom. The highest BCUT2D eigenvalue weighted by atomic mass is 15.0. The van der Waals surface area contributed by atoms with Gasteiger partial charge in [0, 0.05) is 49.6 Å². The average Bonchev–Trinajstić information content (AvgIpc) is 3.88. The van der Waals surface area contributed by atoms with Gasteiger partial charge in [0.2, 0.25) is 0 Å². The molecule has 0 aliphatic rings. The quantitative estimate of drug-likeness (QED) is 0.186. The molecule has 0 unspecified atom stereocenters. The zero-order chi connectivity index (χ0) is 46.1. The van der Waals surface area contributed by atoms with Gasteiger partial charge in [-0.3, -0.25) is 0 Å². The van der Waals surface area contributed by atoms with Gasteiger partial charge in [0.25, 0.3) is 0 Å². The third-order valence-electron chi connectivity index (χ3n) is 8.48. The molecule has 0 fully saturated rings. The number of aromatic nitrogens is 5. The molecule has 0 radical (unpaired) electrons. The molecule has 10 rings (SSSR count). The Morgan fingerprint density at radius 2 is 0.800 bits per heavy atom. The molecule has 0 saturated carbocycles. The molecule has 0 aliphatic heterocycles. The maximum atomic E-state index is 10.0. The van der Waals surface area contributed by atoms with Gasteiger partial charge in [-0.25, -0.2) is 15.0 Å². The smallest absolute Gasteiger partial charge is 0.164 e. The first-order valence-electron chi connectivity index (χ1n) is 23.1. The Morgan fingerprint density at radius 1 is 0.360 bits per heavy atom. The summed E-state index contributed by atoms with van der Waals surface area (Å²) in [6, 6.07) is 15.7. The maximum absolute atomic E-state index is 10.0. The standard InChI is InChI=1S/C45H29N5/c1-4-14-30(15-5-1)43-46-44(31-16-6-2-7-17-31)48-45(47-43)32-24-26-34(27-25-32)50-40-23-13-11-21-36(40)38-28-37-35-20-10-12-22-39(35)49(41(37)29-42(38)50)33-18-8-3-9-19-33/h1-29H/i3D,8D,9D,10D,11D,12D,13D,18D,19D,20D,21D,22D,23D,28D,29D. The van der Waals surface area contributed by atoms with Crippen molar-refractivity contribution in [3.05, 3.63) is 176 Å². The topological polar surface area (TPSA) is 48.5 Å². The van der Waals surface area contributed by atoms with Gasteiger partial charge in [0.15, 0.2) is 17.5 Å². The van der Waals surface area contributed by atoms with Crippen LogP contribution in [0.25, 0.3) is 89.2 Å². The van der Waals surface area contributed by atoms with E-state index in [0.717, 1.165) is 15.7 Å². The third kappa shape index (κ3) is 4.52. The van der Waals surface area contributed by atoms with Crippen LogP contribution in [0.3, 0.4) is 0 Å². The van der Waals surface area contributed by atoms with Crippen LogP contribution in [-0.2, 0) is 0 Å². The molecule has 0 spiro atoms. The minimum Gasteiger partial charge on any atom is -0.309 e. The number of hydrogen-bond donors (Lipinski definition) is 0. The third-order valence-corrected chi connectivity index (χ3v) is 8.48. The Balaban J connectivity index is 1.34. The molecule has 7 aromatic carbocycles. The minimum atomic E-state index is -0.752. The van der Waals surface area contributed by atoms with Gasteiger partial charge in [-0.2, -0.15) is 0 Å². The Bertz CT molecular complexity index is 3620. The van der Waals surface area contributed by atoms with Gasteiger partial charge < -0.3 is 9.13 Å². The second-order valence-electron chi connectivity index (χ2n) is 11.4. The van der Waals surface area contributed by atoms with E-state index in [4.69, 9.17) is 31.4 Å². The summed E-state index contributed by atoms with van der Waals surface area (Å²) in [5.74, 6) is 1.14. The van der Waals surface area contributed by atoms with Crippen LogP contribution in [0.5, 0.6) is 0 Å². The first kappa shape index (κ1) is 17.0. The molecule has 3 heterocycles. The van der Waals surface area contributed by atoms with E-state index >= 15 is 0 Å². The van der Waals surface area contributed by atoms with E-state index in [1.807, 2.05) is 60.7 Å². The summed E-state index contributed by atoms with van der Waals surface area (Å²) in [5, 5.41) is -0.821. The minimum absolute atomic E-state index is 0.105. The van der Waals surface area contributed by atoms with E-state index in [0.29, 0.717) is 23.0 Å². The van der Waals surface area contributed by atoms with E-state index in [1.54, 1.807) is 24.3 Å². The molecule has 234 valence electrons. The van der Waals surface area contributed by atoms with E-state index in [9.17, 15) is 4.11 Å². The van der Waals surface area contributed by atoms with Gasteiger partial charge in [0.05, 0.1) is 42.6 Å². The zero-order valence-electron chi connectivity index (χ0n) is 40.8. The van der Waals surface area contributed by atoms with Crippen LogP contribution in [-0.4, -0.2) is 24.1 Å². The van der Waals surface area contributed by atoms with Gasteiger partial charge in [0.1, 0.15) is 0 Å². The molecular weight excluding hydrogens is 611 g/mol. The lowest BCUT2D eigenvalue weighted by atomic mass is 10.1. The fraction of sp³-hybridized carbons (Fsp3) is 0. The number of hydrogen-bond acceptors (Lipinski definition) is 3. The molecule has 5 heteroatoms. The summed E-state index contributed by atoms with van der Waals surface area (Å²) >= 11 is 0. The lowest BCUT2D eigenvalue weighted by Crippen LogP contribution is -2.00. The number of fused-ring (bicyclic) bond motifs is 6. The van der Waals surface area contributed by atoms with E-state index in [1.165, 1.54) is 4.57 Å². The Hall–Kier alpha value is -6.85. The van der Waals surface area contributed by atoms with Crippen molar-refractivity contribution in [2.24, 2.45) is 0 Å². The van der Waals surface area contributed by atoms with Gasteiger partial charge >= 0.3 is 0 Å². The van der Waals surface area contributed by atoms with Crippen molar-refractivity contribution in [1.29, 1.82) is 0 Å². The van der Waals surface area contributed by atoms with Gasteiger partial charge in [-0.05, 0) is 60.5 Å². The van der Waals surface area contributed by atoms with Crippen molar-refractivity contribution in [3.8, 4) is 45.5 Å². The van der Waals surface area contributed by atoms with Crippen LogP contribution < -0.4 is 0 Å². The normalized spacial score (nSPS) is 15.8. The summed E-state index contributed by atoms with van der Waals surface area (Å²) in [6.45, 7) is 0. The molecule has 50 heavy (non-hydrogen) atoms. The lowest BCUT2D eigenvalue weighted by Gasteiger charge is -2.11.